The van der Waals surface area contributed by atoms with E-state index in [0.29, 0.717) is 18.8 Å². The van der Waals surface area contributed by atoms with Crippen LogP contribution in [0, 0.1) is 0 Å². The molecule has 0 saturated carbocycles. The zero-order chi connectivity index (χ0) is 19.7. The Kier molecular flexibility index (Phi) is 4.60. The van der Waals surface area contributed by atoms with Gasteiger partial charge in [-0.1, -0.05) is 30.3 Å². The molecular weight excluding hydrogens is 358 g/mol. The molecule has 1 aromatic carbocycles. The van der Waals surface area contributed by atoms with Crippen molar-refractivity contribution in [2.75, 3.05) is 18.4 Å². The number of carboxylic acid groups (broad SMARTS) is 1. The lowest BCUT2D eigenvalue weighted by molar-refractivity contribution is 0.1000. The van der Waals surface area contributed by atoms with Gasteiger partial charge in [0, 0.05) is 30.9 Å². The molecule has 0 spiro atoms. The van der Waals surface area contributed by atoms with Gasteiger partial charge in [-0.05, 0) is 24.5 Å². The minimum atomic E-state index is -0.935. The van der Waals surface area contributed by atoms with E-state index in [0.717, 1.165) is 29.5 Å². The number of nitrogens with one attached hydrogen (secondary N) is 1. The molecule has 1 aliphatic heterocycles. The molecule has 144 valence electrons. The molecule has 1 aliphatic rings. The van der Waals surface area contributed by atoms with E-state index in [9.17, 15) is 14.7 Å². The highest BCUT2D eigenvalue weighted by Gasteiger charge is 2.25. The number of aromatic nitrogens is 2. The van der Waals surface area contributed by atoms with Crippen LogP contribution in [0.4, 0.5) is 10.5 Å². The maximum Gasteiger partial charge on any atom is 0.407 e. The fourth-order valence-electron chi connectivity index (χ4n) is 3.66. The number of benzene rings is 1. The van der Waals surface area contributed by atoms with Gasteiger partial charge < -0.3 is 21.1 Å². The van der Waals surface area contributed by atoms with Crippen LogP contribution < -0.4 is 11.1 Å². The number of nitrogens with zero attached hydrogens (tertiary/aromatic N) is 3. The molecule has 8 nitrogen and oxygen atoms in total. The van der Waals surface area contributed by atoms with E-state index < -0.39 is 12.0 Å². The fraction of sp³-hybridized carbons (Fsp3) is 0.250. The summed E-state index contributed by atoms with van der Waals surface area (Å²) in [6, 6.07) is 11.7. The number of hydrogen-bond donors (Lipinski definition) is 3. The van der Waals surface area contributed by atoms with E-state index in [1.165, 1.54) is 11.1 Å². The standard InChI is InChI=1S/C20H21N5O3/c21-19(26)16-10-22-25-11-14(13-5-2-1-3-6-13)9-17(25)18(16)23-15-7-4-8-24(12-15)20(27)28/h1-3,5-6,9-11,15,23H,4,7-8,12H2,(H2,21,26)(H,27,28)/t15-/m1/s1. The van der Waals surface area contributed by atoms with Gasteiger partial charge in [-0.3, -0.25) is 4.79 Å². The number of amides is 2. The molecule has 0 aliphatic carbocycles. The highest BCUT2D eigenvalue weighted by atomic mass is 16.4. The molecule has 3 heterocycles. The van der Waals surface area contributed by atoms with Gasteiger partial charge in [0.15, 0.2) is 0 Å². The average Bonchev–Trinajstić information content (AvgIpc) is 3.14. The Morgan fingerprint density at radius 2 is 2.00 bits per heavy atom. The van der Waals surface area contributed by atoms with Crippen molar-refractivity contribution in [1.29, 1.82) is 0 Å². The Hall–Kier alpha value is -3.55. The summed E-state index contributed by atoms with van der Waals surface area (Å²) in [6.07, 6.45) is 3.97. The van der Waals surface area contributed by atoms with E-state index in [1.807, 2.05) is 42.6 Å². The summed E-state index contributed by atoms with van der Waals surface area (Å²) < 4.78 is 1.70. The van der Waals surface area contributed by atoms with Crippen LogP contribution in [0.2, 0.25) is 0 Å². The van der Waals surface area contributed by atoms with Crippen molar-refractivity contribution in [3.8, 4) is 11.1 Å². The third-order valence-electron chi connectivity index (χ3n) is 5.05. The van der Waals surface area contributed by atoms with Gasteiger partial charge in [0.25, 0.3) is 5.91 Å². The van der Waals surface area contributed by atoms with Gasteiger partial charge in [-0.15, -0.1) is 0 Å². The molecule has 0 unspecified atom stereocenters. The third-order valence-corrected chi connectivity index (χ3v) is 5.05. The number of fused-ring (bicyclic) bond motifs is 1. The lowest BCUT2D eigenvalue weighted by atomic mass is 10.0. The Labute approximate surface area is 161 Å². The minimum absolute atomic E-state index is 0.107. The van der Waals surface area contributed by atoms with Crippen LogP contribution in [0.1, 0.15) is 23.2 Å². The number of hydrogen-bond acceptors (Lipinski definition) is 4. The number of anilines is 1. The van der Waals surface area contributed by atoms with Crippen molar-refractivity contribution in [3.05, 3.63) is 54.4 Å². The van der Waals surface area contributed by atoms with Gasteiger partial charge in [0.05, 0.1) is 23.0 Å². The van der Waals surface area contributed by atoms with Gasteiger partial charge in [0.1, 0.15) is 0 Å². The lowest BCUT2D eigenvalue weighted by Gasteiger charge is -2.32. The average molecular weight is 379 g/mol. The second-order valence-electron chi connectivity index (χ2n) is 6.93. The van der Waals surface area contributed by atoms with Crippen LogP contribution in [-0.4, -0.2) is 50.8 Å². The van der Waals surface area contributed by atoms with E-state index in [4.69, 9.17) is 5.73 Å². The predicted octanol–water partition coefficient (Wildman–Crippen LogP) is 2.65. The molecule has 2 aromatic heterocycles. The molecule has 4 N–H and O–H groups in total. The number of nitrogens with two attached hydrogens (primary N) is 1. The van der Waals surface area contributed by atoms with Crippen molar-refractivity contribution < 1.29 is 14.7 Å². The summed E-state index contributed by atoms with van der Waals surface area (Å²) >= 11 is 0. The van der Waals surface area contributed by atoms with Crippen molar-refractivity contribution in [3.63, 3.8) is 0 Å². The maximum absolute atomic E-state index is 12.0. The summed E-state index contributed by atoms with van der Waals surface area (Å²) in [5.74, 6) is -0.578. The fourth-order valence-corrected chi connectivity index (χ4v) is 3.66. The predicted molar refractivity (Wildman–Crippen MR) is 105 cm³/mol. The first-order valence-corrected chi connectivity index (χ1v) is 9.14. The summed E-state index contributed by atoms with van der Waals surface area (Å²) in [7, 11) is 0. The number of primary amides is 1. The number of carbonyl (C=O) groups excluding carboxylic acids is 1. The Morgan fingerprint density at radius 3 is 2.71 bits per heavy atom. The first-order valence-electron chi connectivity index (χ1n) is 9.14. The first-order chi connectivity index (χ1) is 13.5. The highest BCUT2D eigenvalue weighted by molar-refractivity contribution is 6.02. The van der Waals surface area contributed by atoms with E-state index >= 15 is 0 Å². The molecule has 28 heavy (non-hydrogen) atoms. The minimum Gasteiger partial charge on any atom is -0.465 e. The van der Waals surface area contributed by atoms with Crippen molar-refractivity contribution in [1.82, 2.24) is 14.5 Å². The quantitative estimate of drug-likeness (QED) is 0.645. The largest absolute Gasteiger partial charge is 0.465 e. The normalized spacial score (nSPS) is 16.9. The molecule has 0 radical (unpaired) electrons. The Balaban J connectivity index is 1.74. The molecule has 4 rings (SSSR count). The molecule has 2 amide bonds. The monoisotopic (exact) mass is 379 g/mol. The molecule has 1 atom stereocenters. The highest BCUT2D eigenvalue weighted by Crippen LogP contribution is 2.29. The smallest absolute Gasteiger partial charge is 0.407 e. The molecule has 8 heteroatoms. The summed E-state index contributed by atoms with van der Waals surface area (Å²) in [5, 5.41) is 16.9. The third kappa shape index (κ3) is 3.36. The van der Waals surface area contributed by atoms with Crippen LogP contribution >= 0.6 is 0 Å². The molecular formula is C20H21N5O3. The maximum atomic E-state index is 12.0. The zero-order valence-electron chi connectivity index (χ0n) is 15.2. The van der Waals surface area contributed by atoms with Crippen molar-refractivity contribution >= 4 is 23.2 Å². The summed E-state index contributed by atoms with van der Waals surface area (Å²) in [4.78, 5) is 24.7. The van der Waals surface area contributed by atoms with Crippen molar-refractivity contribution in [2.24, 2.45) is 5.73 Å². The summed E-state index contributed by atoms with van der Waals surface area (Å²) in [5.41, 5.74) is 9.17. The van der Waals surface area contributed by atoms with Crippen LogP contribution in [0.5, 0.6) is 0 Å². The van der Waals surface area contributed by atoms with Crippen molar-refractivity contribution in [2.45, 2.75) is 18.9 Å². The van der Waals surface area contributed by atoms with Crippen LogP contribution in [0.3, 0.4) is 0 Å². The number of piperidine rings is 1. The van der Waals surface area contributed by atoms with Gasteiger partial charge in [-0.2, -0.15) is 5.10 Å². The number of likely N-dealkylation sites (tertiary alicyclic amines) is 1. The zero-order valence-corrected chi connectivity index (χ0v) is 15.2. The molecule has 3 aromatic rings. The van der Waals surface area contributed by atoms with E-state index in [-0.39, 0.29) is 11.6 Å². The second kappa shape index (κ2) is 7.22. The molecule has 1 saturated heterocycles. The van der Waals surface area contributed by atoms with Crippen LogP contribution in [0.15, 0.2) is 48.8 Å². The molecule has 0 bridgehead atoms. The van der Waals surface area contributed by atoms with Gasteiger partial charge in [-0.25, -0.2) is 9.31 Å². The SMILES string of the molecule is NC(=O)c1cnn2cc(-c3ccccc3)cc2c1N[C@@H]1CCCN(C(=O)O)C1. The van der Waals surface area contributed by atoms with Crippen LogP contribution in [-0.2, 0) is 0 Å². The van der Waals surface area contributed by atoms with E-state index in [2.05, 4.69) is 10.4 Å². The topological polar surface area (TPSA) is 113 Å². The van der Waals surface area contributed by atoms with Gasteiger partial charge >= 0.3 is 6.09 Å². The molecule has 1 fully saturated rings. The Morgan fingerprint density at radius 1 is 1.21 bits per heavy atom. The Bertz CT molecular complexity index is 1030. The van der Waals surface area contributed by atoms with Gasteiger partial charge in [0.2, 0.25) is 0 Å². The van der Waals surface area contributed by atoms with Crippen LogP contribution in [0.25, 0.3) is 16.6 Å². The second-order valence-corrected chi connectivity index (χ2v) is 6.93. The first kappa shape index (κ1) is 17.8. The van der Waals surface area contributed by atoms with E-state index in [1.54, 1.807) is 4.52 Å². The summed E-state index contributed by atoms with van der Waals surface area (Å²) in [6.45, 7) is 0.875. The number of carbonyl (C=O) groups is 2. The lowest BCUT2D eigenvalue weighted by Crippen LogP contribution is -2.44. The number of rotatable bonds is 4.